The number of ether oxygens (including phenoxy) is 2. The molecule has 0 saturated heterocycles. The Bertz CT molecular complexity index is 719. The molecule has 0 aliphatic carbocycles. The summed E-state index contributed by atoms with van der Waals surface area (Å²) >= 11 is 1.41. The first-order chi connectivity index (χ1) is 10.5. The molecule has 2 N–H and O–H groups in total. The van der Waals surface area contributed by atoms with Crippen molar-refractivity contribution in [2.24, 2.45) is 0 Å². The van der Waals surface area contributed by atoms with Crippen LogP contribution in [0.4, 0.5) is 11.4 Å². The number of nitrogen functional groups attached to an aromatic ring is 1. The van der Waals surface area contributed by atoms with E-state index in [1.54, 1.807) is 19.1 Å². The zero-order valence-electron chi connectivity index (χ0n) is 12.5. The average Bonchev–Trinajstić information content (AvgIpc) is 2.46. The maximum absolute atomic E-state index is 11.2. The van der Waals surface area contributed by atoms with Crippen LogP contribution in [0.2, 0.25) is 0 Å². The minimum absolute atomic E-state index is 0.0868. The van der Waals surface area contributed by atoms with E-state index in [9.17, 15) is 10.1 Å². The second-order valence-electron chi connectivity index (χ2n) is 4.52. The Kier molecular flexibility index (Phi) is 4.77. The molecule has 0 aliphatic heterocycles. The van der Waals surface area contributed by atoms with Crippen molar-refractivity contribution >= 4 is 23.1 Å². The van der Waals surface area contributed by atoms with Crippen LogP contribution in [-0.2, 0) is 0 Å². The summed E-state index contributed by atoms with van der Waals surface area (Å²) in [5, 5.41) is 11.2. The number of anilines is 1. The zero-order chi connectivity index (χ0) is 16.3. The van der Waals surface area contributed by atoms with Gasteiger partial charge in [0.25, 0.3) is 0 Å². The molecule has 0 unspecified atom stereocenters. The number of benzene rings is 2. The van der Waals surface area contributed by atoms with Crippen LogP contribution >= 0.6 is 11.8 Å². The molecule has 0 saturated carbocycles. The van der Waals surface area contributed by atoms with Crippen LogP contribution < -0.4 is 15.2 Å². The quantitative estimate of drug-likeness (QED) is 0.514. The van der Waals surface area contributed by atoms with Crippen LogP contribution in [0.15, 0.2) is 40.1 Å². The minimum Gasteiger partial charge on any atom is -0.495 e. The Hall–Kier alpha value is -2.41. The van der Waals surface area contributed by atoms with Gasteiger partial charge in [-0.25, -0.2) is 0 Å². The van der Waals surface area contributed by atoms with E-state index in [0.717, 1.165) is 9.79 Å². The number of nitrogens with zero attached hydrogens (tertiary/aromatic N) is 1. The second-order valence-corrected chi connectivity index (χ2v) is 5.63. The number of nitrogens with two attached hydrogens (primary N) is 1. The maximum Gasteiger partial charge on any atom is 0.317 e. The molecule has 2 aromatic rings. The third kappa shape index (κ3) is 3.09. The molecule has 0 amide bonds. The third-order valence-electron chi connectivity index (χ3n) is 3.11. The van der Waals surface area contributed by atoms with E-state index < -0.39 is 4.92 Å². The molecule has 0 heterocycles. The van der Waals surface area contributed by atoms with Crippen molar-refractivity contribution in [1.29, 1.82) is 0 Å². The first-order valence-corrected chi connectivity index (χ1v) is 7.23. The Labute approximate surface area is 132 Å². The van der Waals surface area contributed by atoms with Gasteiger partial charge in [-0.15, -0.1) is 0 Å². The van der Waals surface area contributed by atoms with E-state index in [1.807, 2.05) is 18.2 Å². The molecule has 0 fully saturated rings. The summed E-state index contributed by atoms with van der Waals surface area (Å²) in [6, 6.07) is 8.98. The maximum atomic E-state index is 11.2. The van der Waals surface area contributed by atoms with E-state index in [-0.39, 0.29) is 11.4 Å². The number of nitro groups is 1. The molecule has 0 spiro atoms. The van der Waals surface area contributed by atoms with E-state index in [1.165, 1.54) is 26.0 Å². The van der Waals surface area contributed by atoms with E-state index >= 15 is 0 Å². The fourth-order valence-corrected chi connectivity index (χ4v) is 3.24. The van der Waals surface area contributed by atoms with Gasteiger partial charge in [-0.3, -0.25) is 10.1 Å². The highest BCUT2D eigenvalue weighted by Crippen LogP contribution is 2.45. The van der Waals surface area contributed by atoms with Gasteiger partial charge in [0.15, 0.2) is 5.75 Å². The lowest BCUT2D eigenvalue weighted by molar-refractivity contribution is -0.386. The molecule has 6 nitrogen and oxygen atoms in total. The molecule has 116 valence electrons. The van der Waals surface area contributed by atoms with Crippen molar-refractivity contribution < 1.29 is 14.4 Å². The summed E-state index contributed by atoms with van der Waals surface area (Å²) < 4.78 is 10.5. The molecule has 0 radical (unpaired) electrons. The van der Waals surface area contributed by atoms with Crippen LogP contribution in [0.1, 0.15) is 5.56 Å². The fraction of sp³-hybridized carbons (Fsp3) is 0.200. The third-order valence-corrected chi connectivity index (χ3v) is 4.12. The normalized spacial score (nSPS) is 10.3. The molecule has 0 aromatic heterocycles. The lowest BCUT2D eigenvalue weighted by Gasteiger charge is -2.14. The molecule has 22 heavy (non-hydrogen) atoms. The van der Waals surface area contributed by atoms with Gasteiger partial charge in [0.1, 0.15) is 5.75 Å². The van der Waals surface area contributed by atoms with Crippen LogP contribution in [0.3, 0.4) is 0 Å². The largest absolute Gasteiger partial charge is 0.495 e. The summed E-state index contributed by atoms with van der Waals surface area (Å²) in [4.78, 5) is 12.4. The Morgan fingerprint density at radius 1 is 1.23 bits per heavy atom. The van der Waals surface area contributed by atoms with Crippen molar-refractivity contribution in [3.8, 4) is 11.5 Å². The molecular weight excluding hydrogens is 304 g/mol. The number of rotatable bonds is 5. The average molecular weight is 320 g/mol. The standard InChI is InChI=1S/C15H16N2O4S/c1-9-14(17(18)19)12(20-2)8-13(15(9)21-3)22-11-6-4-5-10(16)7-11/h4-8H,16H2,1-3H3. The van der Waals surface area contributed by atoms with Crippen molar-refractivity contribution in [3.63, 3.8) is 0 Å². The van der Waals surface area contributed by atoms with Crippen LogP contribution in [-0.4, -0.2) is 19.1 Å². The lowest BCUT2D eigenvalue weighted by Crippen LogP contribution is -2.00. The topological polar surface area (TPSA) is 87.6 Å². The molecule has 0 bridgehead atoms. The molecule has 2 rings (SSSR count). The number of hydrogen-bond donors (Lipinski definition) is 1. The second kappa shape index (κ2) is 6.57. The first kappa shape index (κ1) is 16.0. The molecule has 7 heteroatoms. The van der Waals surface area contributed by atoms with Crippen molar-refractivity contribution in [3.05, 3.63) is 46.0 Å². The summed E-state index contributed by atoms with van der Waals surface area (Å²) in [5.74, 6) is 0.662. The number of hydrogen-bond acceptors (Lipinski definition) is 6. The number of methoxy groups -OCH3 is 2. The summed E-state index contributed by atoms with van der Waals surface area (Å²) in [5.41, 5.74) is 6.76. The van der Waals surface area contributed by atoms with E-state index in [2.05, 4.69) is 0 Å². The molecular formula is C15H16N2O4S. The van der Waals surface area contributed by atoms with Gasteiger partial charge in [0, 0.05) is 16.6 Å². The van der Waals surface area contributed by atoms with Gasteiger partial charge >= 0.3 is 5.69 Å². The van der Waals surface area contributed by atoms with Gasteiger partial charge in [-0.05, 0) is 25.1 Å². The molecule has 0 aliphatic rings. The van der Waals surface area contributed by atoms with Crippen molar-refractivity contribution in [2.45, 2.75) is 16.7 Å². The van der Waals surface area contributed by atoms with Gasteiger partial charge < -0.3 is 15.2 Å². The Morgan fingerprint density at radius 3 is 2.50 bits per heavy atom. The van der Waals surface area contributed by atoms with Crippen molar-refractivity contribution in [1.82, 2.24) is 0 Å². The van der Waals surface area contributed by atoms with E-state index in [4.69, 9.17) is 15.2 Å². The summed E-state index contributed by atoms with van der Waals surface area (Å²) in [6.07, 6.45) is 0. The summed E-state index contributed by atoms with van der Waals surface area (Å²) in [7, 11) is 2.89. The lowest BCUT2D eigenvalue weighted by atomic mass is 10.1. The monoisotopic (exact) mass is 320 g/mol. The fourth-order valence-electron chi connectivity index (χ4n) is 2.15. The molecule has 0 atom stereocenters. The zero-order valence-corrected chi connectivity index (χ0v) is 13.3. The Balaban J connectivity index is 2.56. The highest BCUT2D eigenvalue weighted by atomic mass is 32.2. The predicted octanol–water partition coefficient (Wildman–Crippen LogP) is 3.65. The van der Waals surface area contributed by atoms with Gasteiger partial charge in [-0.1, -0.05) is 17.8 Å². The highest BCUT2D eigenvalue weighted by Gasteiger charge is 2.25. The smallest absolute Gasteiger partial charge is 0.317 e. The van der Waals surface area contributed by atoms with Crippen molar-refractivity contribution in [2.75, 3.05) is 20.0 Å². The number of nitro benzene ring substituents is 1. The Morgan fingerprint density at radius 2 is 1.95 bits per heavy atom. The highest BCUT2D eigenvalue weighted by molar-refractivity contribution is 7.99. The van der Waals surface area contributed by atoms with Gasteiger partial charge in [0.05, 0.1) is 29.6 Å². The molecule has 2 aromatic carbocycles. The van der Waals surface area contributed by atoms with Gasteiger partial charge in [0.2, 0.25) is 0 Å². The predicted molar refractivity (Wildman–Crippen MR) is 85.9 cm³/mol. The van der Waals surface area contributed by atoms with Crippen LogP contribution in [0.25, 0.3) is 0 Å². The minimum atomic E-state index is -0.467. The van der Waals surface area contributed by atoms with Crippen LogP contribution in [0, 0.1) is 17.0 Å². The first-order valence-electron chi connectivity index (χ1n) is 6.41. The van der Waals surface area contributed by atoms with E-state index in [0.29, 0.717) is 17.0 Å². The summed E-state index contributed by atoms with van der Waals surface area (Å²) in [6.45, 7) is 1.64. The van der Waals surface area contributed by atoms with Gasteiger partial charge in [-0.2, -0.15) is 0 Å². The van der Waals surface area contributed by atoms with Crippen LogP contribution in [0.5, 0.6) is 11.5 Å². The SMILES string of the molecule is COc1cc(Sc2cccc(N)c2)c(OC)c(C)c1[N+](=O)[O-].